The average molecular weight is 112 g/mol. The van der Waals surface area contributed by atoms with E-state index in [0.717, 1.165) is 0 Å². The van der Waals surface area contributed by atoms with Crippen molar-refractivity contribution in [2.24, 2.45) is 0 Å². The van der Waals surface area contributed by atoms with Crippen LogP contribution in [0.4, 0.5) is 0 Å². The minimum absolute atomic E-state index is 1.24. The fraction of sp³-hybridized carbons (Fsp3) is 0. The van der Waals surface area contributed by atoms with Gasteiger partial charge in [0.2, 0.25) is 0 Å². The maximum absolute atomic E-state index is 9.33. The van der Waals surface area contributed by atoms with Gasteiger partial charge in [0.1, 0.15) is 11.9 Å². The molecule has 0 saturated carbocycles. The highest BCUT2D eigenvalue weighted by molar-refractivity contribution is 5.94. The molecule has 8 heavy (non-hydrogen) atoms. The highest BCUT2D eigenvalue weighted by atomic mass is 16.4. The van der Waals surface area contributed by atoms with Crippen LogP contribution in [0.25, 0.3) is 0 Å². The first-order chi connectivity index (χ1) is 3.63. The molecule has 0 aromatic heterocycles. The second kappa shape index (κ2) is 2.64. The molecule has 0 aromatic rings. The third-order valence-corrected chi connectivity index (χ3v) is 0.267. The van der Waals surface area contributed by atoms with Gasteiger partial charge in [-0.25, -0.2) is 0 Å². The largest absolute Gasteiger partial charge is 0.537 e. The summed E-state index contributed by atoms with van der Waals surface area (Å²) in [6.45, 7) is 0. The molecular weight excluding hydrogens is 112 g/mol. The molecule has 0 aliphatic carbocycles. The lowest BCUT2D eigenvalue weighted by Crippen LogP contribution is -2.23. The third kappa shape index (κ3) is 4.50. The summed E-state index contributed by atoms with van der Waals surface area (Å²) >= 11 is 0. The van der Waals surface area contributed by atoms with Crippen LogP contribution in [0.3, 0.4) is 0 Å². The quantitative estimate of drug-likeness (QED) is 0.304. The maximum atomic E-state index is 9.33. The van der Waals surface area contributed by atoms with Gasteiger partial charge in [-0.05, 0) is 11.8 Å². The number of carboxylic acids is 2. The third-order valence-electron chi connectivity index (χ3n) is 0.267. The van der Waals surface area contributed by atoms with E-state index in [2.05, 4.69) is 0 Å². The molecule has 0 bridgehead atoms. The van der Waals surface area contributed by atoms with Crippen LogP contribution in [0.5, 0.6) is 0 Å². The Morgan fingerprint density at radius 1 is 1.00 bits per heavy atom. The molecule has 0 saturated heterocycles. The molecular formula is C4O4-2. The summed E-state index contributed by atoms with van der Waals surface area (Å²) in [5, 5.41) is 18.7. The van der Waals surface area contributed by atoms with Crippen molar-refractivity contribution in [3.05, 3.63) is 0 Å². The maximum Gasteiger partial charge on any atom is 0.116 e. The van der Waals surface area contributed by atoms with Gasteiger partial charge in [0.15, 0.2) is 0 Å². The molecule has 0 spiro atoms. The van der Waals surface area contributed by atoms with Crippen LogP contribution in [0, 0.1) is 11.8 Å². The summed E-state index contributed by atoms with van der Waals surface area (Å²) in [6, 6.07) is 0. The van der Waals surface area contributed by atoms with Crippen molar-refractivity contribution in [3.8, 4) is 11.8 Å². The highest BCUT2D eigenvalue weighted by Gasteiger charge is 1.68. The number of carbonyl (C=O) groups is 2. The van der Waals surface area contributed by atoms with Gasteiger partial charge < -0.3 is 19.8 Å². The number of hydrogen-bond acceptors (Lipinski definition) is 4. The SMILES string of the molecule is O=C([O-])C#CC(=O)[O-]. The first kappa shape index (κ1) is 6.50. The van der Waals surface area contributed by atoms with Crippen molar-refractivity contribution in [2.45, 2.75) is 0 Å². The molecule has 4 heteroatoms. The minimum atomic E-state index is -1.73. The van der Waals surface area contributed by atoms with Gasteiger partial charge in [-0.15, -0.1) is 0 Å². The van der Waals surface area contributed by atoms with E-state index in [1.807, 2.05) is 0 Å². The Balaban J connectivity index is 3.87. The molecule has 0 aromatic carbocycles. The van der Waals surface area contributed by atoms with E-state index in [4.69, 9.17) is 0 Å². The first-order valence-corrected chi connectivity index (χ1v) is 1.57. The second-order valence-electron chi connectivity index (χ2n) is 0.825. The van der Waals surface area contributed by atoms with Crippen LogP contribution in [-0.4, -0.2) is 11.9 Å². The molecule has 0 fully saturated rings. The number of rotatable bonds is 0. The van der Waals surface area contributed by atoms with Crippen LogP contribution in [0.2, 0.25) is 0 Å². The molecule has 0 rings (SSSR count). The van der Waals surface area contributed by atoms with Crippen LogP contribution in [0.1, 0.15) is 0 Å². The standard InChI is InChI=1S/C4H2O4/c5-3(6)1-2-4(7)8/h(H,5,6)(H,7,8)/p-2. The molecule has 0 heterocycles. The summed E-state index contributed by atoms with van der Waals surface area (Å²) in [5.41, 5.74) is 0. The van der Waals surface area contributed by atoms with Gasteiger partial charge in [0.05, 0.1) is 0 Å². The zero-order valence-corrected chi connectivity index (χ0v) is 3.63. The van der Waals surface area contributed by atoms with Gasteiger partial charge in [-0.1, -0.05) is 0 Å². The van der Waals surface area contributed by atoms with E-state index < -0.39 is 11.9 Å². The Hall–Kier alpha value is -1.50. The summed E-state index contributed by atoms with van der Waals surface area (Å²) < 4.78 is 0. The Labute approximate surface area is 44.7 Å². The van der Waals surface area contributed by atoms with Gasteiger partial charge in [-0.2, -0.15) is 0 Å². The topological polar surface area (TPSA) is 80.3 Å². The summed E-state index contributed by atoms with van der Waals surface area (Å²) in [5.74, 6) is -0.978. The molecule has 0 radical (unpaired) electrons. The molecule has 42 valence electrons. The van der Waals surface area contributed by atoms with E-state index in [1.165, 1.54) is 11.8 Å². The number of hydrogen-bond donors (Lipinski definition) is 0. The molecule has 0 atom stereocenters. The van der Waals surface area contributed by atoms with Crippen LogP contribution >= 0.6 is 0 Å². The summed E-state index contributed by atoms with van der Waals surface area (Å²) in [7, 11) is 0. The molecule has 0 unspecified atom stereocenters. The normalized spacial score (nSPS) is 6.50. The van der Waals surface area contributed by atoms with Gasteiger partial charge in [0.25, 0.3) is 0 Å². The van der Waals surface area contributed by atoms with Crippen LogP contribution < -0.4 is 10.2 Å². The van der Waals surface area contributed by atoms with E-state index in [-0.39, 0.29) is 0 Å². The lowest BCUT2D eigenvalue weighted by Gasteiger charge is -1.84. The van der Waals surface area contributed by atoms with Crippen molar-refractivity contribution in [1.82, 2.24) is 0 Å². The molecule has 0 amide bonds. The van der Waals surface area contributed by atoms with E-state index in [9.17, 15) is 19.8 Å². The molecule has 0 aliphatic rings. The van der Waals surface area contributed by atoms with Crippen molar-refractivity contribution >= 4 is 11.9 Å². The number of carbonyl (C=O) groups excluding carboxylic acids is 2. The van der Waals surface area contributed by atoms with Crippen molar-refractivity contribution < 1.29 is 19.8 Å². The van der Waals surface area contributed by atoms with E-state index >= 15 is 0 Å². The zero-order valence-electron chi connectivity index (χ0n) is 3.63. The highest BCUT2D eigenvalue weighted by Crippen LogP contribution is 1.49. The van der Waals surface area contributed by atoms with Crippen LogP contribution in [0.15, 0.2) is 0 Å². The minimum Gasteiger partial charge on any atom is -0.537 e. The predicted molar refractivity (Wildman–Crippen MR) is 17.8 cm³/mol. The van der Waals surface area contributed by atoms with Crippen molar-refractivity contribution in [3.63, 3.8) is 0 Å². The monoisotopic (exact) mass is 112 g/mol. The average Bonchev–Trinajstić information content (AvgIpc) is 1.61. The van der Waals surface area contributed by atoms with Crippen molar-refractivity contribution in [2.75, 3.05) is 0 Å². The smallest absolute Gasteiger partial charge is 0.116 e. The molecule has 0 aliphatic heterocycles. The van der Waals surface area contributed by atoms with Crippen molar-refractivity contribution in [1.29, 1.82) is 0 Å². The number of aliphatic carboxylic acids is 2. The van der Waals surface area contributed by atoms with E-state index in [0.29, 0.717) is 0 Å². The second-order valence-corrected chi connectivity index (χ2v) is 0.825. The summed E-state index contributed by atoms with van der Waals surface area (Å²) in [6.07, 6.45) is 0. The fourth-order valence-corrected chi connectivity index (χ4v) is 0.102. The van der Waals surface area contributed by atoms with E-state index in [1.54, 1.807) is 0 Å². The van der Waals surface area contributed by atoms with Crippen LogP contribution in [-0.2, 0) is 9.59 Å². The lowest BCUT2D eigenvalue weighted by atomic mass is 10.6. The van der Waals surface area contributed by atoms with Gasteiger partial charge in [-0.3, -0.25) is 0 Å². The Morgan fingerprint density at radius 3 is 1.38 bits per heavy atom. The number of carboxylic acid groups (broad SMARTS) is 2. The predicted octanol–water partition coefficient (Wildman–Crippen LogP) is -3.51. The first-order valence-electron chi connectivity index (χ1n) is 1.57. The Morgan fingerprint density at radius 2 is 1.25 bits per heavy atom. The fourth-order valence-electron chi connectivity index (χ4n) is 0.102. The molecule has 0 N–H and O–H groups in total. The Kier molecular flexibility index (Phi) is 2.14. The molecule has 4 nitrogen and oxygen atoms in total. The van der Waals surface area contributed by atoms with Gasteiger partial charge in [0, 0.05) is 0 Å². The Bertz CT molecular complexity index is 152. The van der Waals surface area contributed by atoms with Gasteiger partial charge >= 0.3 is 0 Å². The zero-order chi connectivity index (χ0) is 6.57. The lowest BCUT2D eigenvalue weighted by molar-refractivity contribution is -0.299. The summed E-state index contributed by atoms with van der Waals surface area (Å²) in [4.78, 5) is 18.7.